The fraction of sp³-hybridized carbons (Fsp3) is 0.350. The minimum Gasteiger partial charge on any atom is -0.491 e. The fourth-order valence-corrected chi connectivity index (χ4v) is 2.89. The summed E-state index contributed by atoms with van der Waals surface area (Å²) in [5, 5.41) is 14.1. The normalized spacial score (nSPS) is 12.4. The number of rotatable bonds is 6. The number of alkyl halides is 3. The summed E-state index contributed by atoms with van der Waals surface area (Å²) in [4.78, 5) is 4.06. The molecule has 0 atom stereocenters. The van der Waals surface area contributed by atoms with E-state index in [1.807, 2.05) is 28.8 Å². The van der Waals surface area contributed by atoms with Gasteiger partial charge in [0.05, 0.1) is 18.2 Å². The zero-order chi connectivity index (χ0) is 21.7. The van der Waals surface area contributed by atoms with Crippen LogP contribution in [0.2, 0.25) is 0 Å². The maximum absolute atomic E-state index is 13.5. The standard InChI is InChI=1S/C20H23F3N6O/c1-13(2)30-15-8-7-14(16(10-15)20(21,22)23)11-25-19(24-3)26-12-18-28-27-17-6-4-5-9-29(17)18/h4-10,13H,11-12H2,1-3H3,(H2,24,25,26). The molecule has 0 aliphatic carbocycles. The Labute approximate surface area is 172 Å². The molecular formula is C20H23F3N6O. The highest BCUT2D eigenvalue weighted by Gasteiger charge is 2.33. The summed E-state index contributed by atoms with van der Waals surface area (Å²) in [5.74, 6) is 1.18. The average molecular weight is 420 g/mol. The van der Waals surface area contributed by atoms with E-state index in [0.29, 0.717) is 24.0 Å². The Morgan fingerprint density at radius 3 is 2.60 bits per heavy atom. The van der Waals surface area contributed by atoms with Crippen molar-refractivity contribution < 1.29 is 17.9 Å². The van der Waals surface area contributed by atoms with Crippen LogP contribution in [0, 0.1) is 0 Å². The van der Waals surface area contributed by atoms with Crippen LogP contribution in [0.25, 0.3) is 5.65 Å². The first-order valence-corrected chi connectivity index (χ1v) is 9.38. The number of fused-ring (bicyclic) bond motifs is 1. The first-order valence-electron chi connectivity index (χ1n) is 9.38. The highest BCUT2D eigenvalue weighted by molar-refractivity contribution is 5.79. The Morgan fingerprint density at radius 2 is 1.90 bits per heavy atom. The van der Waals surface area contributed by atoms with Crippen molar-refractivity contribution in [3.8, 4) is 5.75 Å². The van der Waals surface area contributed by atoms with Gasteiger partial charge < -0.3 is 15.4 Å². The lowest BCUT2D eigenvalue weighted by Crippen LogP contribution is -2.37. The number of ether oxygens (including phenoxy) is 1. The number of guanidine groups is 1. The van der Waals surface area contributed by atoms with Gasteiger partial charge in [-0.1, -0.05) is 12.1 Å². The van der Waals surface area contributed by atoms with Crippen LogP contribution in [0.5, 0.6) is 5.75 Å². The monoisotopic (exact) mass is 420 g/mol. The molecule has 30 heavy (non-hydrogen) atoms. The van der Waals surface area contributed by atoms with Crippen molar-refractivity contribution >= 4 is 11.6 Å². The molecule has 2 aromatic heterocycles. The molecule has 1 aromatic carbocycles. The minimum absolute atomic E-state index is 0.0585. The molecule has 10 heteroatoms. The van der Waals surface area contributed by atoms with Crippen LogP contribution < -0.4 is 15.4 Å². The molecular weight excluding hydrogens is 397 g/mol. The van der Waals surface area contributed by atoms with Crippen molar-refractivity contribution in [1.29, 1.82) is 0 Å². The summed E-state index contributed by atoms with van der Waals surface area (Å²) >= 11 is 0. The van der Waals surface area contributed by atoms with Crippen molar-refractivity contribution in [2.24, 2.45) is 4.99 Å². The second kappa shape index (κ2) is 9.02. The third kappa shape index (κ3) is 5.19. The summed E-state index contributed by atoms with van der Waals surface area (Å²) < 4.78 is 47.7. The summed E-state index contributed by atoms with van der Waals surface area (Å²) in [6.45, 7) is 3.77. The van der Waals surface area contributed by atoms with E-state index in [1.54, 1.807) is 20.9 Å². The van der Waals surface area contributed by atoms with E-state index < -0.39 is 11.7 Å². The van der Waals surface area contributed by atoms with E-state index >= 15 is 0 Å². The maximum Gasteiger partial charge on any atom is 0.416 e. The van der Waals surface area contributed by atoms with Crippen molar-refractivity contribution in [2.75, 3.05) is 7.05 Å². The van der Waals surface area contributed by atoms with Crippen molar-refractivity contribution in [3.05, 3.63) is 59.5 Å². The molecule has 7 nitrogen and oxygen atoms in total. The number of benzene rings is 1. The lowest BCUT2D eigenvalue weighted by atomic mass is 10.1. The second-order valence-corrected chi connectivity index (χ2v) is 6.81. The van der Waals surface area contributed by atoms with E-state index in [0.717, 1.165) is 6.07 Å². The molecule has 0 spiro atoms. The summed E-state index contributed by atoms with van der Waals surface area (Å²) in [6, 6.07) is 9.51. The number of hydrogen-bond donors (Lipinski definition) is 2. The Bertz CT molecular complexity index is 1030. The Kier molecular flexibility index (Phi) is 6.43. The number of aromatic nitrogens is 3. The maximum atomic E-state index is 13.5. The number of hydrogen-bond acceptors (Lipinski definition) is 4. The molecule has 3 rings (SSSR count). The predicted molar refractivity (Wildman–Crippen MR) is 107 cm³/mol. The molecule has 0 saturated carbocycles. The Balaban J connectivity index is 1.68. The van der Waals surface area contributed by atoms with Crippen LogP contribution in [0.1, 0.15) is 30.8 Å². The van der Waals surface area contributed by atoms with Gasteiger partial charge in [0.15, 0.2) is 17.4 Å². The summed E-state index contributed by atoms with van der Waals surface area (Å²) in [6.07, 6.45) is -2.88. The number of pyridine rings is 1. The Hall–Kier alpha value is -3.30. The minimum atomic E-state index is -4.50. The highest BCUT2D eigenvalue weighted by Crippen LogP contribution is 2.34. The average Bonchev–Trinajstić information content (AvgIpc) is 3.11. The van der Waals surface area contributed by atoms with Crippen LogP contribution in [-0.2, 0) is 19.3 Å². The number of aliphatic imine (C=N–C) groups is 1. The van der Waals surface area contributed by atoms with Crippen molar-refractivity contribution in [1.82, 2.24) is 25.2 Å². The van der Waals surface area contributed by atoms with Gasteiger partial charge in [0, 0.05) is 19.8 Å². The number of nitrogens with one attached hydrogen (secondary N) is 2. The van der Waals surface area contributed by atoms with Crippen LogP contribution in [-0.4, -0.2) is 33.7 Å². The largest absolute Gasteiger partial charge is 0.491 e. The van der Waals surface area contributed by atoms with Gasteiger partial charge in [-0.05, 0) is 43.7 Å². The molecule has 0 radical (unpaired) electrons. The topological polar surface area (TPSA) is 75.8 Å². The van der Waals surface area contributed by atoms with Gasteiger partial charge in [0.2, 0.25) is 0 Å². The zero-order valence-corrected chi connectivity index (χ0v) is 16.9. The van der Waals surface area contributed by atoms with Gasteiger partial charge in [-0.2, -0.15) is 13.2 Å². The number of nitrogens with zero attached hydrogens (tertiary/aromatic N) is 4. The predicted octanol–water partition coefficient (Wildman–Crippen LogP) is 3.40. The van der Waals surface area contributed by atoms with E-state index in [-0.39, 0.29) is 24.0 Å². The number of halogens is 3. The quantitative estimate of drug-likeness (QED) is 0.472. The van der Waals surface area contributed by atoms with Gasteiger partial charge in [-0.3, -0.25) is 9.39 Å². The van der Waals surface area contributed by atoms with Crippen LogP contribution in [0.15, 0.2) is 47.6 Å². The first-order chi connectivity index (χ1) is 14.3. The van der Waals surface area contributed by atoms with E-state index in [9.17, 15) is 13.2 Å². The lowest BCUT2D eigenvalue weighted by Gasteiger charge is -2.18. The molecule has 0 unspecified atom stereocenters. The lowest BCUT2D eigenvalue weighted by molar-refractivity contribution is -0.138. The molecule has 0 fully saturated rings. The van der Waals surface area contributed by atoms with Gasteiger partial charge in [0.1, 0.15) is 5.75 Å². The van der Waals surface area contributed by atoms with E-state index in [4.69, 9.17) is 4.74 Å². The van der Waals surface area contributed by atoms with Crippen molar-refractivity contribution in [2.45, 2.75) is 39.2 Å². The van der Waals surface area contributed by atoms with E-state index in [1.165, 1.54) is 12.1 Å². The third-order valence-electron chi connectivity index (χ3n) is 4.23. The third-order valence-corrected chi connectivity index (χ3v) is 4.23. The zero-order valence-electron chi connectivity index (χ0n) is 16.9. The van der Waals surface area contributed by atoms with Gasteiger partial charge in [0.25, 0.3) is 0 Å². The van der Waals surface area contributed by atoms with Gasteiger partial charge in [-0.25, -0.2) is 0 Å². The highest BCUT2D eigenvalue weighted by atomic mass is 19.4. The fourth-order valence-electron chi connectivity index (χ4n) is 2.89. The molecule has 2 N–H and O–H groups in total. The van der Waals surface area contributed by atoms with Gasteiger partial charge in [-0.15, -0.1) is 10.2 Å². The molecule has 0 saturated heterocycles. The van der Waals surface area contributed by atoms with Crippen LogP contribution in [0.4, 0.5) is 13.2 Å². The van der Waals surface area contributed by atoms with E-state index in [2.05, 4.69) is 25.8 Å². The molecule has 0 aliphatic rings. The Morgan fingerprint density at radius 1 is 1.13 bits per heavy atom. The molecule has 0 bridgehead atoms. The second-order valence-electron chi connectivity index (χ2n) is 6.81. The molecule has 0 aliphatic heterocycles. The molecule has 2 heterocycles. The SMILES string of the molecule is CN=C(NCc1ccc(OC(C)C)cc1C(F)(F)F)NCc1nnc2ccccn12. The summed E-state index contributed by atoms with van der Waals surface area (Å²) in [7, 11) is 1.54. The van der Waals surface area contributed by atoms with Crippen LogP contribution >= 0.6 is 0 Å². The summed E-state index contributed by atoms with van der Waals surface area (Å²) in [5.41, 5.74) is 0.0531. The molecule has 160 valence electrons. The van der Waals surface area contributed by atoms with Crippen LogP contribution in [0.3, 0.4) is 0 Å². The molecule has 0 amide bonds. The van der Waals surface area contributed by atoms with Gasteiger partial charge >= 0.3 is 6.18 Å². The first kappa shape index (κ1) is 21.4. The van der Waals surface area contributed by atoms with Crippen molar-refractivity contribution in [3.63, 3.8) is 0 Å². The molecule has 3 aromatic rings. The smallest absolute Gasteiger partial charge is 0.416 e.